The van der Waals surface area contributed by atoms with Crippen molar-refractivity contribution >= 4 is 0 Å². The van der Waals surface area contributed by atoms with Crippen LogP contribution in [0, 0.1) is 6.92 Å². The number of aromatic nitrogens is 4. The van der Waals surface area contributed by atoms with E-state index in [1.165, 1.54) is 18.4 Å². The molecule has 0 aromatic carbocycles. The van der Waals surface area contributed by atoms with Crippen molar-refractivity contribution in [1.82, 2.24) is 25.2 Å². The monoisotopic (exact) mass is 275 g/mol. The Morgan fingerprint density at radius 2 is 2.25 bits per heavy atom. The predicted molar refractivity (Wildman–Crippen MR) is 74.2 cm³/mol. The van der Waals surface area contributed by atoms with Crippen molar-refractivity contribution in [3.8, 4) is 0 Å². The van der Waals surface area contributed by atoms with Crippen molar-refractivity contribution in [2.45, 2.75) is 58.2 Å². The zero-order chi connectivity index (χ0) is 14.1. The molecule has 20 heavy (non-hydrogen) atoms. The Balaban J connectivity index is 1.55. The minimum absolute atomic E-state index is 0.0571. The first-order valence-electron chi connectivity index (χ1n) is 7.20. The molecule has 6 heteroatoms. The Kier molecular flexibility index (Phi) is 3.56. The van der Waals surface area contributed by atoms with E-state index in [4.69, 9.17) is 4.52 Å². The molecular formula is C14H21N5O. The van der Waals surface area contributed by atoms with E-state index in [0.717, 1.165) is 12.4 Å². The van der Waals surface area contributed by atoms with Crippen molar-refractivity contribution < 1.29 is 4.52 Å². The molecule has 0 amide bonds. The molecule has 108 valence electrons. The Labute approximate surface area is 118 Å². The summed E-state index contributed by atoms with van der Waals surface area (Å²) in [4.78, 5) is 4.47. The molecule has 1 saturated carbocycles. The van der Waals surface area contributed by atoms with E-state index in [1.807, 2.05) is 24.0 Å². The summed E-state index contributed by atoms with van der Waals surface area (Å²) in [6, 6.07) is 0.335. The number of nitrogens with one attached hydrogen (secondary N) is 1. The summed E-state index contributed by atoms with van der Waals surface area (Å²) < 4.78 is 7.28. The zero-order valence-corrected chi connectivity index (χ0v) is 12.2. The van der Waals surface area contributed by atoms with Gasteiger partial charge < -0.3 is 9.84 Å². The molecule has 0 bridgehead atoms. The van der Waals surface area contributed by atoms with E-state index >= 15 is 0 Å². The highest BCUT2D eigenvalue weighted by Gasteiger charge is 2.29. The first-order chi connectivity index (χ1) is 9.61. The van der Waals surface area contributed by atoms with Crippen molar-refractivity contribution in [2.24, 2.45) is 0 Å². The molecule has 0 aliphatic heterocycles. The minimum Gasteiger partial charge on any atom is -0.338 e. The fraction of sp³-hybridized carbons (Fsp3) is 0.643. The van der Waals surface area contributed by atoms with Gasteiger partial charge >= 0.3 is 0 Å². The van der Waals surface area contributed by atoms with Crippen LogP contribution >= 0.6 is 0 Å². The SMILES string of the molecule is Cc1cnn(C[C@@H](C)N[C@H](C)c2nc(C3CC3)no2)c1. The van der Waals surface area contributed by atoms with Crippen LogP contribution in [0.4, 0.5) is 0 Å². The third-order valence-electron chi connectivity index (χ3n) is 3.53. The van der Waals surface area contributed by atoms with Crippen molar-refractivity contribution in [3.63, 3.8) is 0 Å². The van der Waals surface area contributed by atoms with Crippen LogP contribution in [-0.4, -0.2) is 26.0 Å². The molecule has 2 atom stereocenters. The lowest BCUT2D eigenvalue weighted by Crippen LogP contribution is -2.33. The van der Waals surface area contributed by atoms with Gasteiger partial charge in [0.1, 0.15) is 0 Å². The van der Waals surface area contributed by atoms with Crippen LogP contribution in [0.25, 0.3) is 0 Å². The average Bonchev–Trinajstić information content (AvgIpc) is 2.98. The Bertz CT molecular complexity index is 572. The van der Waals surface area contributed by atoms with Gasteiger partial charge in [-0.15, -0.1) is 0 Å². The average molecular weight is 275 g/mol. The molecule has 6 nitrogen and oxygen atoms in total. The second-order valence-corrected chi connectivity index (χ2v) is 5.79. The molecule has 1 aliphatic carbocycles. The van der Waals surface area contributed by atoms with Gasteiger partial charge in [0.15, 0.2) is 5.82 Å². The number of rotatable bonds is 6. The lowest BCUT2D eigenvalue weighted by molar-refractivity contribution is 0.314. The van der Waals surface area contributed by atoms with Crippen LogP contribution < -0.4 is 5.32 Å². The maximum absolute atomic E-state index is 5.34. The summed E-state index contributed by atoms with van der Waals surface area (Å²) in [7, 11) is 0. The first kappa shape index (κ1) is 13.3. The maximum atomic E-state index is 5.34. The third-order valence-corrected chi connectivity index (χ3v) is 3.53. The summed E-state index contributed by atoms with van der Waals surface area (Å²) in [5.74, 6) is 2.07. The molecule has 1 N–H and O–H groups in total. The fourth-order valence-electron chi connectivity index (χ4n) is 2.33. The number of aryl methyl sites for hydroxylation is 1. The Morgan fingerprint density at radius 3 is 2.90 bits per heavy atom. The van der Waals surface area contributed by atoms with Gasteiger partial charge in [-0.1, -0.05) is 5.16 Å². The molecular weight excluding hydrogens is 254 g/mol. The van der Waals surface area contributed by atoms with Gasteiger partial charge in [-0.25, -0.2) is 0 Å². The molecule has 2 aromatic heterocycles. The minimum atomic E-state index is 0.0571. The van der Waals surface area contributed by atoms with E-state index in [9.17, 15) is 0 Å². The molecule has 0 spiro atoms. The summed E-state index contributed by atoms with van der Waals surface area (Å²) in [5, 5.41) is 11.8. The third kappa shape index (κ3) is 3.07. The molecule has 2 heterocycles. The second kappa shape index (κ2) is 5.36. The van der Waals surface area contributed by atoms with Gasteiger partial charge in [0.25, 0.3) is 0 Å². The highest BCUT2D eigenvalue weighted by Crippen LogP contribution is 2.38. The van der Waals surface area contributed by atoms with Crippen LogP contribution in [0.3, 0.4) is 0 Å². The van der Waals surface area contributed by atoms with Crippen LogP contribution in [0.2, 0.25) is 0 Å². The Morgan fingerprint density at radius 1 is 1.45 bits per heavy atom. The van der Waals surface area contributed by atoms with E-state index < -0.39 is 0 Å². The van der Waals surface area contributed by atoms with Crippen molar-refractivity contribution in [3.05, 3.63) is 29.7 Å². The van der Waals surface area contributed by atoms with Gasteiger partial charge in [-0.05, 0) is 39.2 Å². The largest absolute Gasteiger partial charge is 0.338 e. The van der Waals surface area contributed by atoms with Gasteiger partial charge in [0, 0.05) is 18.2 Å². The van der Waals surface area contributed by atoms with Crippen molar-refractivity contribution in [2.75, 3.05) is 0 Å². The zero-order valence-electron chi connectivity index (χ0n) is 12.2. The normalized spacial score (nSPS) is 18.1. The molecule has 3 rings (SSSR count). The van der Waals surface area contributed by atoms with Gasteiger partial charge in [0.05, 0.1) is 18.8 Å². The summed E-state index contributed by atoms with van der Waals surface area (Å²) in [6.45, 7) is 7.05. The molecule has 1 fully saturated rings. The Hall–Kier alpha value is -1.69. The number of nitrogens with zero attached hydrogens (tertiary/aromatic N) is 4. The highest BCUT2D eigenvalue weighted by molar-refractivity contribution is 5.04. The highest BCUT2D eigenvalue weighted by atomic mass is 16.5. The molecule has 2 aromatic rings. The van der Waals surface area contributed by atoms with Crippen LogP contribution in [0.15, 0.2) is 16.9 Å². The quantitative estimate of drug-likeness (QED) is 0.875. The lowest BCUT2D eigenvalue weighted by Gasteiger charge is -2.17. The molecule has 0 unspecified atom stereocenters. The van der Waals surface area contributed by atoms with Gasteiger partial charge in [-0.3, -0.25) is 4.68 Å². The van der Waals surface area contributed by atoms with Gasteiger partial charge in [0.2, 0.25) is 5.89 Å². The van der Waals surface area contributed by atoms with Crippen LogP contribution in [0.1, 0.15) is 55.9 Å². The standard InChI is InChI=1S/C14H21N5O/c1-9-6-15-19(7-9)8-10(2)16-11(3)14-17-13(18-20-14)12-4-5-12/h6-7,10-12,16H,4-5,8H2,1-3H3/t10-,11-/m1/s1. The number of hydrogen-bond donors (Lipinski definition) is 1. The first-order valence-corrected chi connectivity index (χ1v) is 7.20. The number of hydrogen-bond acceptors (Lipinski definition) is 5. The summed E-state index contributed by atoms with van der Waals surface area (Å²) in [5.41, 5.74) is 1.18. The summed E-state index contributed by atoms with van der Waals surface area (Å²) >= 11 is 0. The maximum Gasteiger partial charge on any atom is 0.243 e. The van der Waals surface area contributed by atoms with Crippen LogP contribution in [-0.2, 0) is 6.54 Å². The van der Waals surface area contributed by atoms with Gasteiger partial charge in [-0.2, -0.15) is 10.1 Å². The van der Waals surface area contributed by atoms with E-state index in [0.29, 0.717) is 11.8 Å². The molecule has 0 saturated heterocycles. The topological polar surface area (TPSA) is 68.8 Å². The molecule has 0 radical (unpaired) electrons. The lowest BCUT2D eigenvalue weighted by atomic mass is 10.2. The molecule has 1 aliphatic rings. The van der Waals surface area contributed by atoms with E-state index in [1.54, 1.807) is 0 Å². The van der Waals surface area contributed by atoms with Crippen LogP contribution in [0.5, 0.6) is 0 Å². The fourth-order valence-corrected chi connectivity index (χ4v) is 2.33. The second-order valence-electron chi connectivity index (χ2n) is 5.79. The predicted octanol–water partition coefficient (Wildman–Crippen LogP) is 2.19. The smallest absolute Gasteiger partial charge is 0.243 e. The van der Waals surface area contributed by atoms with Crippen molar-refractivity contribution in [1.29, 1.82) is 0 Å². The van der Waals surface area contributed by atoms with E-state index in [2.05, 4.69) is 34.4 Å². The summed E-state index contributed by atoms with van der Waals surface area (Å²) in [6.07, 6.45) is 6.29. The van der Waals surface area contributed by atoms with E-state index in [-0.39, 0.29) is 12.1 Å².